The molecule has 0 N–H and O–H groups in total. The normalized spacial score (nSPS) is 16.6. The fourth-order valence-corrected chi connectivity index (χ4v) is 3.24. The highest BCUT2D eigenvalue weighted by molar-refractivity contribution is 5.65. The van der Waals surface area contributed by atoms with Gasteiger partial charge in [0.15, 0.2) is 11.5 Å². The lowest BCUT2D eigenvalue weighted by molar-refractivity contribution is 0.138. The molecule has 6 heteroatoms. The lowest BCUT2D eigenvalue weighted by atomic mass is 10.0. The first kappa shape index (κ1) is 14.3. The first-order chi connectivity index (χ1) is 12.1. The van der Waals surface area contributed by atoms with Crippen LogP contribution in [-0.4, -0.2) is 22.5 Å². The SMILES string of the molecule is CC1(C)Cc2cc(-c3nc(-c4ccc5c(c4)OCO5)no3)ccc2O1. The summed E-state index contributed by atoms with van der Waals surface area (Å²) in [4.78, 5) is 4.52. The van der Waals surface area contributed by atoms with E-state index < -0.39 is 0 Å². The second-order valence-corrected chi connectivity index (χ2v) is 6.85. The van der Waals surface area contributed by atoms with Crippen molar-refractivity contribution < 1.29 is 18.7 Å². The van der Waals surface area contributed by atoms with Gasteiger partial charge in [-0.1, -0.05) is 5.16 Å². The molecule has 2 aromatic carbocycles. The Labute approximate surface area is 144 Å². The van der Waals surface area contributed by atoms with Gasteiger partial charge in [0, 0.05) is 17.5 Å². The summed E-state index contributed by atoms with van der Waals surface area (Å²) in [5.74, 6) is 3.35. The van der Waals surface area contributed by atoms with Crippen molar-refractivity contribution in [2.24, 2.45) is 0 Å². The van der Waals surface area contributed by atoms with Gasteiger partial charge in [-0.25, -0.2) is 0 Å². The summed E-state index contributed by atoms with van der Waals surface area (Å²) in [7, 11) is 0. The lowest BCUT2D eigenvalue weighted by Gasteiger charge is -2.16. The first-order valence-corrected chi connectivity index (χ1v) is 8.13. The molecule has 0 bridgehead atoms. The quantitative estimate of drug-likeness (QED) is 0.708. The van der Waals surface area contributed by atoms with E-state index in [4.69, 9.17) is 18.7 Å². The predicted molar refractivity (Wildman–Crippen MR) is 89.7 cm³/mol. The molecule has 2 aliphatic rings. The lowest BCUT2D eigenvalue weighted by Crippen LogP contribution is -2.24. The van der Waals surface area contributed by atoms with Crippen molar-refractivity contribution in [3.63, 3.8) is 0 Å². The van der Waals surface area contributed by atoms with Crippen LogP contribution in [0, 0.1) is 0 Å². The highest BCUT2D eigenvalue weighted by Crippen LogP contribution is 2.38. The van der Waals surface area contributed by atoms with Crippen LogP contribution in [0.2, 0.25) is 0 Å². The summed E-state index contributed by atoms with van der Waals surface area (Å²) < 4.78 is 22.1. The molecule has 0 unspecified atom stereocenters. The van der Waals surface area contributed by atoms with E-state index in [0.29, 0.717) is 17.5 Å². The topological polar surface area (TPSA) is 66.6 Å². The van der Waals surface area contributed by atoms with Gasteiger partial charge >= 0.3 is 0 Å². The molecule has 0 amide bonds. The van der Waals surface area contributed by atoms with Gasteiger partial charge in [-0.15, -0.1) is 0 Å². The number of rotatable bonds is 2. The zero-order chi connectivity index (χ0) is 17.0. The molecular weight excluding hydrogens is 320 g/mol. The third-order valence-electron chi connectivity index (χ3n) is 4.37. The number of benzene rings is 2. The summed E-state index contributed by atoms with van der Waals surface area (Å²) in [5.41, 5.74) is 2.70. The van der Waals surface area contributed by atoms with E-state index in [9.17, 15) is 0 Å². The van der Waals surface area contributed by atoms with E-state index in [0.717, 1.165) is 34.6 Å². The van der Waals surface area contributed by atoms with Crippen molar-refractivity contribution in [2.45, 2.75) is 25.9 Å². The summed E-state index contributed by atoms with van der Waals surface area (Å²) in [5, 5.41) is 4.10. The number of aromatic nitrogens is 2. The van der Waals surface area contributed by atoms with Crippen LogP contribution in [0.15, 0.2) is 40.9 Å². The molecule has 5 rings (SSSR count). The molecule has 0 atom stereocenters. The molecule has 0 saturated heterocycles. The van der Waals surface area contributed by atoms with Gasteiger partial charge in [0.25, 0.3) is 5.89 Å². The Morgan fingerprint density at radius 1 is 0.920 bits per heavy atom. The fraction of sp³-hybridized carbons (Fsp3) is 0.263. The van der Waals surface area contributed by atoms with Gasteiger partial charge in [0.1, 0.15) is 11.4 Å². The number of hydrogen-bond donors (Lipinski definition) is 0. The number of hydrogen-bond acceptors (Lipinski definition) is 6. The minimum Gasteiger partial charge on any atom is -0.487 e. The Balaban J connectivity index is 1.48. The molecule has 0 radical (unpaired) electrons. The van der Waals surface area contributed by atoms with Crippen LogP contribution < -0.4 is 14.2 Å². The van der Waals surface area contributed by atoms with Crippen molar-refractivity contribution in [3.8, 4) is 40.1 Å². The Hall–Kier alpha value is -3.02. The predicted octanol–water partition coefficient (Wildman–Crippen LogP) is 3.85. The van der Waals surface area contributed by atoms with Crippen molar-refractivity contribution in [1.82, 2.24) is 10.1 Å². The molecule has 2 aliphatic heterocycles. The number of nitrogens with zero attached hydrogens (tertiary/aromatic N) is 2. The molecular formula is C19H16N2O4. The molecule has 126 valence electrons. The van der Waals surface area contributed by atoms with Gasteiger partial charge in [0.2, 0.25) is 12.6 Å². The molecule has 0 spiro atoms. The van der Waals surface area contributed by atoms with Crippen molar-refractivity contribution >= 4 is 0 Å². The van der Waals surface area contributed by atoms with Gasteiger partial charge in [0.05, 0.1) is 0 Å². The standard InChI is InChI=1S/C19H16N2O4/c1-19(2)9-13-7-12(4-5-14(13)24-19)18-20-17(21-25-18)11-3-6-15-16(8-11)23-10-22-15/h3-8H,9-10H2,1-2H3. The Kier molecular flexibility index (Phi) is 2.86. The van der Waals surface area contributed by atoms with Crippen LogP contribution in [-0.2, 0) is 6.42 Å². The van der Waals surface area contributed by atoms with Crippen molar-refractivity contribution in [3.05, 3.63) is 42.0 Å². The Morgan fingerprint density at radius 3 is 2.64 bits per heavy atom. The number of fused-ring (bicyclic) bond motifs is 2. The Bertz CT molecular complexity index is 977. The summed E-state index contributed by atoms with van der Waals surface area (Å²) in [6.45, 7) is 4.40. The summed E-state index contributed by atoms with van der Waals surface area (Å²) in [6, 6.07) is 11.6. The molecule has 6 nitrogen and oxygen atoms in total. The van der Waals surface area contributed by atoms with Crippen molar-refractivity contribution in [2.75, 3.05) is 6.79 Å². The minimum absolute atomic E-state index is 0.173. The molecule has 3 heterocycles. The van der Waals surface area contributed by atoms with Crippen LogP contribution in [0.3, 0.4) is 0 Å². The second-order valence-electron chi connectivity index (χ2n) is 6.85. The molecule has 3 aromatic rings. The van der Waals surface area contributed by atoms with E-state index in [1.165, 1.54) is 0 Å². The van der Waals surface area contributed by atoms with E-state index in [2.05, 4.69) is 30.1 Å². The highest BCUT2D eigenvalue weighted by Gasteiger charge is 2.30. The maximum Gasteiger partial charge on any atom is 0.258 e. The maximum atomic E-state index is 5.91. The highest BCUT2D eigenvalue weighted by atomic mass is 16.7. The van der Waals surface area contributed by atoms with Crippen LogP contribution in [0.5, 0.6) is 17.2 Å². The van der Waals surface area contributed by atoms with Crippen LogP contribution >= 0.6 is 0 Å². The van der Waals surface area contributed by atoms with Gasteiger partial charge in [-0.05, 0) is 55.8 Å². The number of ether oxygens (including phenoxy) is 3. The molecule has 0 saturated carbocycles. The van der Waals surface area contributed by atoms with E-state index in [-0.39, 0.29) is 12.4 Å². The second kappa shape index (κ2) is 4.99. The zero-order valence-corrected chi connectivity index (χ0v) is 13.9. The minimum atomic E-state index is -0.173. The van der Waals surface area contributed by atoms with E-state index >= 15 is 0 Å². The average Bonchev–Trinajstić information content (AvgIpc) is 3.29. The third kappa shape index (κ3) is 2.41. The van der Waals surface area contributed by atoms with Crippen molar-refractivity contribution in [1.29, 1.82) is 0 Å². The molecule has 0 aliphatic carbocycles. The fourth-order valence-electron chi connectivity index (χ4n) is 3.24. The molecule has 0 fully saturated rings. The van der Waals surface area contributed by atoms with Gasteiger partial charge < -0.3 is 18.7 Å². The van der Waals surface area contributed by atoms with Crippen LogP contribution in [0.4, 0.5) is 0 Å². The Morgan fingerprint density at radius 2 is 1.72 bits per heavy atom. The smallest absolute Gasteiger partial charge is 0.258 e. The molecule has 1 aromatic heterocycles. The van der Waals surface area contributed by atoms with Gasteiger partial charge in [-0.2, -0.15) is 4.98 Å². The third-order valence-corrected chi connectivity index (χ3v) is 4.37. The van der Waals surface area contributed by atoms with Crippen LogP contribution in [0.25, 0.3) is 22.8 Å². The van der Waals surface area contributed by atoms with Gasteiger partial charge in [-0.3, -0.25) is 0 Å². The average molecular weight is 336 g/mol. The van der Waals surface area contributed by atoms with E-state index in [1.54, 1.807) is 0 Å². The summed E-state index contributed by atoms with van der Waals surface area (Å²) in [6.07, 6.45) is 0.860. The van der Waals surface area contributed by atoms with Crippen LogP contribution in [0.1, 0.15) is 19.4 Å². The largest absolute Gasteiger partial charge is 0.487 e. The first-order valence-electron chi connectivity index (χ1n) is 8.13. The summed E-state index contributed by atoms with van der Waals surface area (Å²) >= 11 is 0. The zero-order valence-electron chi connectivity index (χ0n) is 13.9. The monoisotopic (exact) mass is 336 g/mol. The maximum absolute atomic E-state index is 5.91. The molecule has 25 heavy (non-hydrogen) atoms. The van der Waals surface area contributed by atoms with E-state index in [1.807, 2.05) is 30.3 Å².